The van der Waals surface area contributed by atoms with Crippen LogP contribution in [0.3, 0.4) is 0 Å². The molecular formula is C15H20O5. The summed E-state index contributed by atoms with van der Waals surface area (Å²) in [5.41, 5.74) is 0. The monoisotopic (exact) mass is 280 g/mol. The Hall–Kier alpha value is -2.04. The Labute approximate surface area is 118 Å². The minimum absolute atomic E-state index is 0.0799. The lowest BCUT2D eigenvalue weighted by molar-refractivity contribution is -0.144. The molecule has 1 aromatic carbocycles. The third kappa shape index (κ3) is 5.73. The van der Waals surface area contributed by atoms with Crippen LogP contribution < -0.4 is 9.47 Å². The minimum atomic E-state index is -0.365. The van der Waals surface area contributed by atoms with Crippen molar-refractivity contribution in [3.63, 3.8) is 0 Å². The van der Waals surface area contributed by atoms with Gasteiger partial charge < -0.3 is 14.2 Å². The first-order chi connectivity index (χ1) is 9.67. The lowest BCUT2D eigenvalue weighted by Gasteiger charge is -2.10. The molecular weight excluding hydrogens is 260 g/mol. The summed E-state index contributed by atoms with van der Waals surface area (Å²) >= 11 is 0. The van der Waals surface area contributed by atoms with Crippen molar-refractivity contribution in [3.8, 4) is 11.5 Å². The smallest absolute Gasteiger partial charge is 0.306 e. The normalized spacial score (nSPS) is 9.90. The second-order valence-electron chi connectivity index (χ2n) is 4.01. The fraction of sp³-hybridized carbons (Fsp3) is 0.467. The van der Waals surface area contributed by atoms with Crippen molar-refractivity contribution in [2.45, 2.75) is 26.7 Å². The molecule has 0 saturated carbocycles. The van der Waals surface area contributed by atoms with E-state index < -0.39 is 0 Å². The van der Waals surface area contributed by atoms with Crippen LogP contribution in [0.2, 0.25) is 0 Å². The van der Waals surface area contributed by atoms with Crippen molar-refractivity contribution in [2.75, 3.05) is 19.8 Å². The Bertz CT molecular complexity index is 442. The van der Waals surface area contributed by atoms with E-state index in [1.54, 1.807) is 25.1 Å². The number of Topliss-reactive ketones (excluding diaryl/α,β-unsaturated/α-hetero) is 1. The molecule has 0 heterocycles. The summed E-state index contributed by atoms with van der Waals surface area (Å²) in [7, 11) is 0. The van der Waals surface area contributed by atoms with Gasteiger partial charge in [0.15, 0.2) is 17.3 Å². The highest BCUT2D eigenvalue weighted by molar-refractivity contribution is 5.84. The molecule has 0 N–H and O–H groups in total. The number of ether oxygens (including phenoxy) is 3. The van der Waals surface area contributed by atoms with Gasteiger partial charge in [-0.25, -0.2) is 0 Å². The van der Waals surface area contributed by atoms with Crippen molar-refractivity contribution in [1.29, 1.82) is 0 Å². The SMILES string of the molecule is CCOC(=O)CCC(=O)COc1ccccc1OCC. The molecule has 0 aliphatic carbocycles. The van der Waals surface area contributed by atoms with Crippen molar-refractivity contribution < 1.29 is 23.8 Å². The zero-order chi connectivity index (χ0) is 14.8. The van der Waals surface area contributed by atoms with Gasteiger partial charge in [-0.15, -0.1) is 0 Å². The fourth-order valence-electron chi connectivity index (χ4n) is 1.55. The number of hydrogen-bond donors (Lipinski definition) is 0. The van der Waals surface area contributed by atoms with Crippen LogP contribution in [0.1, 0.15) is 26.7 Å². The topological polar surface area (TPSA) is 61.8 Å². The molecule has 0 atom stereocenters. The number of esters is 1. The summed E-state index contributed by atoms with van der Waals surface area (Å²) in [6, 6.07) is 7.16. The Balaban J connectivity index is 2.39. The van der Waals surface area contributed by atoms with Crippen LogP contribution in [0.15, 0.2) is 24.3 Å². The Morgan fingerprint density at radius 2 is 1.60 bits per heavy atom. The van der Waals surface area contributed by atoms with Gasteiger partial charge in [0.05, 0.1) is 19.6 Å². The third-order valence-electron chi connectivity index (χ3n) is 2.45. The van der Waals surface area contributed by atoms with E-state index in [9.17, 15) is 9.59 Å². The molecule has 5 heteroatoms. The third-order valence-corrected chi connectivity index (χ3v) is 2.45. The lowest BCUT2D eigenvalue weighted by Crippen LogP contribution is -2.14. The van der Waals surface area contributed by atoms with Crippen LogP contribution in [0, 0.1) is 0 Å². The van der Waals surface area contributed by atoms with Gasteiger partial charge in [-0.1, -0.05) is 12.1 Å². The zero-order valence-electron chi connectivity index (χ0n) is 11.9. The number of para-hydroxylation sites is 2. The van der Waals surface area contributed by atoms with Crippen LogP contribution in [0.5, 0.6) is 11.5 Å². The highest BCUT2D eigenvalue weighted by Gasteiger charge is 2.10. The van der Waals surface area contributed by atoms with Gasteiger partial charge in [-0.05, 0) is 26.0 Å². The summed E-state index contributed by atoms with van der Waals surface area (Å²) in [5.74, 6) is 0.618. The van der Waals surface area contributed by atoms with Crippen molar-refractivity contribution in [3.05, 3.63) is 24.3 Å². The van der Waals surface area contributed by atoms with Gasteiger partial charge in [0.25, 0.3) is 0 Å². The fourth-order valence-corrected chi connectivity index (χ4v) is 1.55. The number of carbonyl (C=O) groups is 2. The summed E-state index contributed by atoms with van der Waals surface area (Å²) in [4.78, 5) is 22.7. The first-order valence-corrected chi connectivity index (χ1v) is 6.69. The molecule has 0 bridgehead atoms. The molecule has 0 saturated heterocycles. The van der Waals surface area contributed by atoms with Crippen molar-refractivity contribution >= 4 is 11.8 Å². The lowest BCUT2D eigenvalue weighted by atomic mass is 10.2. The summed E-state index contributed by atoms with van der Waals surface area (Å²) in [5, 5.41) is 0. The molecule has 0 spiro atoms. The standard InChI is InChI=1S/C15H20O5/c1-3-18-13-7-5-6-8-14(13)20-11-12(16)9-10-15(17)19-4-2/h5-8H,3-4,9-11H2,1-2H3. The number of ketones is 1. The van der Waals surface area contributed by atoms with Crippen LogP contribution in [0.4, 0.5) is 0 Å². The van der Waals surface area contributed by atoms with Gasteiger partial charge in [-0.2, -0.15) is 0 Å². The molecule has 0 unspecified atom stereocenters. The van der Waals surface area contributed by atoms with E-state index in [2.05, 4.69) is 0 Å². The molecule has 0 fully saturated rings. The van der Waals surface area contributed by atoms with Crippen LogP contribution in [-0.2, 0) is 14.3 Å². The van der Waals surface area contributed by atoms with Crippen molar-refractivity contribution in [2.24, 2.45) is 0 Å². The van der Waals surface area contributed by atoms with E-state index >= 15 is 0 Å². The Morgan fingerprint density at radius 3 is 2.20 bits per heavy atom. The molecule has 1 aromatic rings. The number of benzene rings is 1. The van der Waals surface area contributed by atoms with E-state index in [0.29, 0.717) is 24.7 Å². The van der Waals surface area contributed by atoms with Gasteiger partial charge in [0.2, 0.25) is 0 Å². The van der Waals surface area contributed by atoms with E-state index in [4.69, 9.17) is 14.2 Å². The van der Waals surface area contributed by atoms with Crippen molar-refractivity contribution in [1.82, 2.24) is 0 Å². The quantitative estimate of drug-likeness (QED) is 0.650. The summed E-state index contributed by atoms with van der Waals surface area (Å²) in [6.45, 7) is 4.38. The highest BCUT2D eigenvalue weighted by Crippen LogP contribution is 2.26. The zero-order valence-corrected chi connectivity index (χ0v) is 11.9. The molecule has 0 amide bonds. The molecule has 110 valence electrons. The summed E-state index contributed by atoms with van der Waals surface area (Å²) < 4.78 is 15.6. The maximum atomic E-state index is 11.6. The highest BCUT2D eigenvalue weighted by atomic mass is 16.5. The number of carbonyl (C=O) groups excluding carboxylic acids is 2. The summed E-state index contributed by atoms with van der Waals surface area (Å²) in [6.07, 6.45) is 0.207. The number of hydrogen-bond acceptors (Lipinski definition) is 5. The largest absolute Gasteiger partial charge is 0.490 e. The van der Waals surface area contributed by atoms with Gasteiger partial charge in [0, 0.05) is 6.42 Å². The van der Waals surface area contributed by atoms with E-state index in [0.717, 1.165) is 0 Å². The average Bonchev–Trinajstić information content (AvgIpc) is 2.45. The number of rotatable bonds is 9. The predicted octanol–water partition coefficient (Wildman–Crippen LogP) is 2.38. The Kier molecular flexibility index (Phi) is 7.17. The second-order valence-corrected chi connectivity index (χ2v) is 4.01. The molecule has 0 aliphatic rings. The minimum Gasteiger partial charge on any atom is -0.490 e. The van der Waals surface area contributed by atoms with E-state index in [-0.39, 0.29) is 31.2 Å². The maximum absolute atomic E-state index is 11.6. The second kappa shape index (κ2) is 8.96. The van der Waals surface area contributed by atoms with Gasteiger partial charge in [-0.3, -0.25) is 9.59 Å². The first kappa shape index (κ1) is 16.0. The van der Waals surface area contributed by atoms with Gasteiger partial charge in [0.1, 0.15) is 6.61 Å². The first-order valence-electron chi connectivity index (χ1n) is 6.69. The van der Waals surface area contributed by atoms with E-state index in [1.165, 1.54) is 0 Å². The van der Waals surface area contributed by atoms with Crippen LogP contribution in [0.25, 0.3) is 0 Å². The van der Waals surface area contributed by atoms with Crippen LogP contribution in [-0.4, -0.2) is 31.6 Å². The van der Waals surface area contributed by atoms with Crippen LogP contribution >= 0.6 is 0 Å². The predicted molar refractivity (Wildman–Crippen MR) is 74.0 cm³/mol. The molecule has 0 aromatic heterocycles. The molecule has 5 nitrogen and oxygen atoms in total. The van der Waals surface area contributed by atoms with E-state index in [1.807, 2.05) is 13.0 Å². The Morgan fingerprint density at radius 1 is 0.950 bits per heavy atom. The molecule has 0 aliphatic heterocycles. The van der Waals surface area contributed by atoms with Gasteiger partial charge >= 0.3 is 5.97 Å². The molecule has 20 heavy (non-hydrogen) atoms. The molecule has 1 rings (SSSR count). The molecule has 0 radical (unpaired) electrons. The average molecular weight is 280 g/mol. The maximum Gasteiger partial charge on any atom is 0.306 e.